The summed E-state index contributed by atoms with van der Waals surface area (Å²) in [7, 11) is 2.13. The fourth-order valence-electron chi connectivity index (χ4n) is 3.91. The van der Waals surface area contributed by atoms with Gasteiger partial charge in [-0.3, -0.25) is 4.57 Å². The van der Waals surface area contributed by atoms with Gasteiger partial charge in [0.25, 0.3) is 0 Å². The van der Waals surface area contributed by atoms with Crippen molar-refractivity contribution in [3.63, 3.8) is 0 Å². The van der Waals surface area contributed by atoms with Crippen LogP contribution in [0.3, 0.4) is 0 Å². The number of fused-ring (bicyclic) bond motifs is 1. The van der Waals surface area contributed by atoms with Gasteiger partial charge in [0.15, 0.2) is 5.84 Å². The highest BCUT2D eigenvalue weighted by Gasteiger charge is 2.16. The fraction of sp³-hybridized carbons (Fsp3) is 0.217. The van der Waals surface area contributed by atoms with Crippen LogP contribution in [0.25, 0.3) is 27.8 Å². The first-order valence-corrected chi connectivity index (χ1v) is 10.4. The topological polar surface area (TPSA) is 109 Å². The summed E-state index contributed by atoms with van der Waals surface area (Å²) in [5.41, 5.74) is 11.0. The molecule has 0 bridgehead atoms. The van der Waals surface area contributed by atoms with E-state index < -0.39 is 0 Å². The average Bonchev–Trinajstić information content (AvgIpc) is 3.27. The first-order valence-electron chi connectivity index (χ1n) is 10.4. The number of amidine groups is 1. The zero-order valence-corrected chi connectivity index (χ0v) is 17.8. The standard InChI is InChI=1S/C23H24N8O/c1-29-7-9-30(10-8-29)23-25-13-18(14-26-23)16-3-2-4-19(11-16)31-15-27-20-12-17(22(24)28-32)5-6-21(20)31/h2-6,11-15,32H,7-10H2,1H3,(H2,24,28). The quantitative estimate of drug-likeness (QED) is 0.222. The molecule has 9 nitrogen and oxygen atoms in total. The number of hydrogen-bond acceptors (Lipinski definition) is 7. The lowest BCUT2D eigenvalue weighted by Gasteiger charge is -2.32. The lowest BCUT2D eigenvalue weighted by atomic mass is 10.1. The van der Waals surface area contributed by atoms with Crippen LogP contribution in [0.5, 0.6) is 0 Å². The third-order valence-corrected chi connectivity index (χ3v) is 5.83. The number of nitrogens with two attached hydrogens (primary N) is 1. The molecule has 0 saturated carbocycles. The fourth-order valence-corrected chi connectivity index (χ4v) is 3.91. The van der Waals surface area contributed by atoms with Crippen LogP contribution in [0.2, 0.25) is 0 Å². The molecule has 0 radical (unpaired) electrons. The molecular formula is C23H24N8O. The van der Waals surface area contributed by atoms with Gasteiger partial charge in [-0.2, -0.15) is 0 Å². The van der Waals surface area contributed by atoms with Crippen molar-refractivity contribution in [2.75, 3.05) is 38.1 Å². The first-order chi connectivity index (χ1) is 15.6. The number of nitrogens with zero attached hydrogens (tertiary/aromatic N) is 7. The van der Waals surface area contributed by atoms with E-state index in [4.69, 9.17) is 10.9 Å². The van der Waals surface area contributed by atoms with E-state index >= 15 is 0 Å². The SMILES string of the molecule is CN1CCN(c2ncc(-c3cccc(-n4cnc5cc(C(N)=NO)ccc54)c3)cn2)CC1. The van der Waals surface area contributed by atoms with Crippen LogP contribution in [-0.4, -0.2) is 68.7 Å². The molecule has 1 saturated heterocycles. The molecule has 0 atom stereocenters. The molecule has 4 aromatic rings. The van der Waals surface area contributed by atoms with E-state index in [0.29, 0.717) is 5.56 Å². The second-order valence-corrected chi connectivity index (χ2v) is 7.92. The van der Waals surface area contributed by atoms with E-state index in [1.807, 2.05) is 47.3 Å². The summed E-state index contributed by atoms with van der Waals surface area (Å²) in [6.45, 7) is 3.92. The van der Waals surface area contributed by atoms with Gasteiger partial charge in [0.05, 0.1) is 11.0 Å². The molecule has 2 aromatic heterocycles. The Hall–Kier alpha value is -3.98. The normalized spacial score (nSPS) is 15.4. The van der Waals surface area contributed by atoms with E-state index in [-0.39, 0.29) is 5.84 Å². The highest BCUT2D eigenvalue weighted by Crippen LogP contribution is 2.25. The van der Waals surface area contributed by atoms with Crippen molar-refractivity contribution in [3.05, 3.63) is 66.7 Å². The molecule has 0 spiro atoms. The number of hydrogen-bond donors (Lipinski definition) is 2. The minimum atomic E-state index is 0.0588. The summed E-state index contributed by atoms with van der Waals surface area (Å²) in [4.78, 5) is 18.2. The minimum Gasteiger partial charge on any atom is -0.409 e. The predicted molar refractivity (Wildman–Crippen MR) is 124 cm³/mol. The van der Waals surface area contributed by atoms with Gasteiger partial charge in [-0.25, -0.2) is 15.0 Å². The molecule has 3 N–H and O–H groups in total. The summed E-state index contributed by atoms with van der Waals surface area (Å²) in [5.74, 6) is 0.837. The largest absolute Gasteiger partial charge is 0.409 e. The molecule has 162 valence electrons. The average molecular weight is 429 g/mol. The van der Waals surface area contributed by atoms with Gasteiger partial charge in [-0.15, -0.1) is 0 Å². The summed E-state index contributed by atoms with van der Waals surface area (Å²) in [6.07, 6.45) is 5.54. The minimum absolute atomic E-state index is 0.0588. The van der Waals surface area contributed by atoms with Gasteiger partial charge in [-0.05, 0) is 42.9 Å². The molecule has 1 aliphatic rings. The van der Waals surface area contributed by atoms with Crippen molar-refractivity contribution in [1.29, 1.82) is 0 Å². The molecule has 0 unspecified atom stereocenters. The number of rotatable bonds is 4. The van der Waals surface area contributed by atoms with Gasteiger partial charge in [0.2, 0.25) is 5.95 Å². The number of imidazole rings is 1. The highest BCUT2D eigenvalue weighted by molar-refractivity contribution is 5.99. The van der Waals surface area contributed by atoms with E-state index in [1.165, 1.54) is 0 Å². The third kappa shape index (κ3) is 3.74. The Labute approximate surface area is 185 Å². The van der Waals surface area contributed by atoms with E-state index in [9.17, 15) is 0 Å². The lowest BCUT2D eigenvalue weighted by molar-refractivity contribution is 0.311. The Morgan fingerprint density at radius 2 is 1.75 bits per heavy atom. The number of oxime groups is 1. The van der Waals surface area contributed by atoms with Gasteiger partial charge in [0, 0.05) is 55.4 Å². The van der Waals surface area contributed by atoms with Crippen molar-refractivity contribution in [2.24, 2.45) is 10.9 Å². The predicted octanol–water partition coefficient (Wildman–Crippen LogP) is 2.33. The van der Waals surface area contributed by atoms with Crippen molar-refractivity contribution < 1.29 is 5.21 Å². The van der Waals surface area contributed by atoms with Crippen molar-refractivity contribution >= 4 is 22.8 Å². The molecule has 1 fully saturated rings. The second kappa shape index (κ2) is 8.27. The molecule has 1 aliphatic heterocycles. The monoisotopic (exact) mass is 428 g/mol. The van der Waals surface area contributed by atoms with Crippen LogP contribution in [0.15, 0.2) is 66.3 Å². The maximum absolute atomic E-state index is 8.91. The first kappa shape index (κ1) is 20.0. The van der Waals surface area contributed by atoms with Crippen LogP contribution in [0.1, 0.15) is 5.56 Å². The second-order valence-electron chi connectivity index (χ2n) is 7.92. The van der Waals surface area contributed by atoms with E-state index in [2.05, 4.69) is 43.0 Å². The Morgan fingerprint density at radius 1 is 0.969 bits per heavy atom. The molecular weight excluding hydrogens is 404 g/mol. The zero-order chi connectivity index (χ0) is 22.1. The smallest absolute Gasteiger partial charge is 0.225 e. The molecule has 3 heterocycles. The zero-order valence-electron chi connectivity index (χ0n) is 17.8. The Kier molecular flexibility index (Phi) is 5.16. The number of likely N-dealkylation sites (N-methyl/N-ethyl adjacent to an activating group) is 1. The molecule has 32 heavy (non-hydrogen) atoms. The van der Waals surface area contributed by atoms with Crippen molar-refractivity contribution in [2.45, 2.75) is 0 Å². The summed E-state index contributed by atoms with van der Waals surface area (Å²) < 4.78 is 2.01. The summed E-state index contributed by atoms with van der Waals surface area (Å²) in [5, 5.41) is 12.0. The Balaban J connectivity index is 1.42. The van der Waals surface area contributed by atoms with Crippen LogP contribution in [0, 0.1) is 0 Å². The number of benzene rings is 2. The maximum atomic E-state index is 8.91. The molecule has 0 amide bonds. The van der Waals surface area contributed by atoms with Gasteiger partial charge in [-0.1, -0.05) is 17.3 Å². The lowest BCUT2D eigenvalue weighted by Crippen LogP contribution is -2.45. The summed E-state index contributed by atoms with van der Waals surface area (Å²) >= 11 is 0. The highest BCUT2D eigenvalue weighted by atomic mass is 16.4. The van der Waals surface area contributed by atoms with Crippen LogP contribution < -0.4 is 10.6 Å². The number of aromatic nitrogens is 4. The van der Waals surface area contributed by atoms with Crippen LogP contribution in [0.4, 0.5) is 5.95 Å². The molecule has 2 aromatic carbocycles. The third-order valence-electron chi connectivity index (χ3n) is 5.83. The van der Waals surface area contributed by atoms with Gasteiger partial charge >= 0.3 is 0 Å². The van der Waals surface area contributed by atoms with Gasteiger partial charge in [0.1, 0.15) is 6.33 Å². The number of piperazine rings is 1. The van der Waals surface area contributed by atoms with Crippen molar-refractivity contribution in [1.82, 2.24) is 24.4 Å². The Morgan fingerprint density at radius 3 is 2.50 bits per heavy atom. The maximum Gasteiger partial charge on any atom is 0.225 e. The number of anilines is 1. The van der Waals surface area contributed by atoms with Gasteiger partial charge < -0.3 is 20.7 Å². The molecule has 9 heteroatoms. The van der Waals surface area contributed by atoms with Crippen LogP contribution in [-0.2, 0) is 0 Å². The Bertz CT molecular complexity index is 1270. The van der Waals surface area contributed by atoms with E-state index in [0.717, 1.165) is 60.0 Å². The molecule has 0 aliphatic carbocycles. The molecule has 5 rings (SSSR count). The summed E-state index contributed by atoms with van der Waals surface area (Å²) in [6, 6.07) is 13.7. The van der Waals surface area contributed by atoms with Crippen LogP contribution >= 0.6 is 0 Å². The van der Waals surface area contributed by atoms with E-state index in [1.54, 1.807) is 12.4 Å². The van der Waals surface area contributed by atoms with Crippen molar-refractivity contribution in [3.8, 4) is 16.8 Å².